The van der Waals surface area contributed by atoms with Crippen LogP contribution >= 0.6 is 11.6 Å². The summed E-state index contributed by atoms with van der Waals surface area (Å²) in [5.74, 6) is -0.140. The van der Waals surface area contributed by atoms with E-state index in [1.54, 1.807) is 43.3 Å². The molecule has 1 aliphatic heterocycles. The Bertz CT molecular complexity index is 1010. The first-order valence-electron chi connectivity index (χ1n) is 8.17. The molecule has 2 heterocycles. The molecule has 132 valence electrons. The van der Waals surface area contributed by atoms with Crippen LogP contribution in [0.1, 0.15) is 17.4 Å². The average Bonchev–Trinajstić information content (AvgIpc) is 2.99. The maximum atomic E-state index is 12.6. The molecule has 4 rings (SSSR count). The van der Waals surface area contributed by atoms with Gasteiger partial charge in [0.15, 0.2) is 0 Å². The molecular weight excluding hydrogens is 354 g/mol. The van der Waals surface area contributed by atoms with Crippen molar-refractivity contribution in [3.05, 3.63) is 59.2 Å². The maximum absolute atomic E-state index is 12.6. The standard InChI is InChI=1S/C19H16ClN3O3/c1-10-17(19(25)22-14-4-2-3-5-16(14)26-10)23-18(24)15-9-11-8-12(20)6-7-13(11)21-15/h2-10,17,21H,1H3,(H,22,25)(H,23,24)/t10-,17+/m1/s1. The first kappa shape index (κ1) is 16.5. The van der Waals surface area contributed by atoms with Gasteiger partial charge >= 0.3 is 0 Å². The molecule has 6 nitrogen and oxygen atoms in total. The molecule has 0 saturated heterocycles. The molecule has 0 aliphatic carbocycles. The van der Waals surface area contributed by atoms with E-state index < -0.39 is 12.1 Å². The van der Waals surface area contributed by atoms with Gasteiger partial charge < -0.3 is 20.4 Å². The highest BCUT2D eigenvalue weighted by molar-refractivity contribution is 6.31. The Morgan fingerprint density at radius 2 is 2.00 bits per heavy atom. The van der Waals surface area contributed by atoms with Crippen LogP contribution in [0, 0.1) is 0 Å². The number of aromatic nitrogens is 1. The van der Waals surface area contributed by atoms with Crippen molar-refractivity contribution in [1.29, 1.82) is 0 Å². The van der Waals surface area contributed by atoms with Crippen molar-refractivity contribution in [3.8, 4) is 5.75 Å². The Kier molecular flexibility index (Phi) is 4.05. The van der Waals surface area contributed by atoms with Gasteiger partial charge in [0, 0.05) is 15.9 Å². The van der Waals surface area contributed by atoms with Gasteiger partial charge in [-0.05, 0) is 43.3 Å². The van der Waals surface area contributed by atoms with Crippen LogP contribution in [0.25, 0.3) is 10.9 Å². The highest BCUT2D eigenvalue weighted by Crippen LogP contribution is 2.28. The van der Waals surface area contributed by atoms with Crippen LogP contribution in [-0.4, -0.2) is 28.9 Å². The van der Waals surface area contributed by atoms with Crippen LogP contribution in [0.2, 0.25) is 5.02 Å². The third-order valence-electron chi connectivity index (χ3n) is 4.32. The van der Waals surface area contributed by atoms with Gasteiger partial charge in [-0.3, -0.25) is 9.59 Å². The Morgan fingerprint density at radius 3 is 2.85 bits per heavy atom. The van der Waals surface area contributed by atoms with Crippen molar-refractivity contribution >= 4 is 40.0 Å². The smallest absolute Gasteiger partial charge is 0.268 e. The summed E-state index contributed by atoms with van der Waals surface area (Å²) >= 11 is 5.98. The van der Waals surface area contributed by atoms with Crippen molar-refractivity contribution in [1.82, 2.24) is 10.3 Å². The first-order chi connectivity index (χ1) is 12.5. The molecule has 3 aromatic rings. The minimum absolute atomic E-state index is 0.324. The molecule has 1 aromatic heterocycles. The van der Waals surface area contributed by atoms with Crippen LogP contribution in [0.5, 0.6) is 5.75 Å². The van der Waals surface area contributed by atoms with E-state index >= 15 is 0 Å². The first-order valence-corrected chi connectivity index (χ1v) is 8.55. The van der Waals surface area contributed by atoms with E-state index in [0.29, 0.717) is 22.2 Å². The van der Waals surface area contributed by atoms with E-state index in [9.17, 15) is 9.59 Å². The summed E-state index contributed by atoms with van der Waals surface area (Å²) < 4.78 is 5.83. The normalized spacial score (nSPS) is 19.2. The number of hydrogen-bond acceptors (Lipinski definition) is 3. The molecule has 26 heavy (non-hydrogen) atoms. The van der Waals surface area contributed by atoms with Crippen LogP contribution in [0.4, 0.5) is 5.69 Å². The number of amides is 2. The Labute approximate surface area is 154 Å². The number of hydrogen-bond donors (Lipinski definition) is 3. The third kappa shape index (κ3) is 2.99. The van der Waals surface area contributed by atoms with E-state index in [-0.39, 0.29) is 11.8 Å². The summed E-state index contributed by atoms with van der Waals surface area (Å²) in [5.41, 5.74) is 1.73. The Morgan fingerprint density at radius 1 is 1.19 bits per heavy atom. The van der Waals surface area contributed by atoms with Crippen molar-refractivity contribution < 1.29 is 14.3 Å². The van der Waals surface area contributed by atoms with Gasteiger partial charge in [-0.15, -0.1) is 0 Å². The van der Waals surface area contributed by atoms with Gasteiger partial charge in [0.25, 0.3) is 11.8 Å². The fourth-order valence-corrected chi connectivity index (χ4v) is 3.17. The Balaban J connectivity index is 1.57. The zero-order chi connectivity index (χ0) is 18.3. The molecule has 0 unspecified atom stereocenters. The zero-order valence-corrected chi connectivity index (χ0v) is 14.6. The molecule has 2 amide bonds. The summed E-state index contributed by atoms with van der Waals surface area (Å²) in [5, 5.41) is 6.95. The summed E-state index contributed by atoms with van der Waals surface area (Å²) in [6, 6.07) is 13.3. The summed E-state index contributed by atoms with van der Waals surface area (Å²) in [4.78, 5) is 28.2. The molecular formula is C19H16ClN3O3. The quantitative estimate of drug-likeness (QED) is 0.647. The number of aromatic amines is 1. The number of anilines is 1. The van der Waals surface area contributed by atoms with Crippen molar-refractivity contribution in [2.45, 2.75) is 19.1 Å². The number of fused-ring (bicyclic) bond motifs is 2. The number of ether oxygens (including phenoxy) is 1. The lowest BCUT2D eigenvalue weighted by Gasteiger charge is -2.21. The molecule has 0 fully saturated rings. The lowest BCUT2D eigenvalue weighted by Crippen LogP contribution is -2.50. The molecule has 1 aliphatic rings. The second-order valence-electron chi connectivity index (χ2n) is 6.17. The minimum Gasteiger partial charge on any atom is -0.486 e. The number of H-pyrrole nitrogens is 1. The SMILES string of the molecule is C[C@H]1Oc2ccccc2NC(=O)[C@H]1NC(=O)c1cc2cc(Cl)ccc2[nH]1. The number of rotatable bonds is 2. The zero-order valence-electron chi connectivity index (χ0n) is 13.9. The van der Waals surface area contributed by atoms with Crippen LogP contribution in [0.3, 0.4) is 0 Å². The van der Waals surface area contributed by atoms with Crippen molar-refractivity contribution in [3.63, 3.8) is 0 Å². The number of benzene rings is 2. The molecule has 3 N–H and O–H groups in total. The van der Waals surface area contributed by atoms with E-state index in [1.165, 1.54) is 0 Å². The van der Waals surface area contributed by atoms with E-state index in [0.717, 1.165) is 10.9 Å². The van der Waals surface area contributed by atoms with E-state index in [1.807, 2.05) is 12.1 Å². The second kappa shape index (κ2) is 6.38. The molecule has 7 heteroatoms. The molecule has 2 atom stereocenters. The number of carbonyl (C=O) groups is 2. The maximum Gasteiger partial charge on any atom is 0.268 e. The fraction of sp³-hybridized carbons (Fsp3) is 0.158. The monoisotopic (exact) mass is 369 g/mol. The van der Waals surface area contributed by atoms with Gasteiger partial charge in [0.05, 0.1) is 5.69 Å². The number of nitrogens with one attached hydrogen (secondary N) is 3. The van der Waals surface area contributed by atoms with Crippen molar-refractivity contribution in [2.24, 2.45) is 0 Å². The lowest BCUT2D eigenvalue weighted by atomic mass is 10.1. The van der Waals surface area contributed by atoms with E-state index in [2.05, 4.69) is 15.6 Å². The lowest BCUT2D eigenvalue weighted by molar-refractivity contribution is -0.119. The molecule has 2 aromatic carbocycles. The fourth-order valence-electron chi connectivity index (χ4n) is 2.99. The number of para-hydroxylation sites is 2. The summed E-state index contributed by atoms with van der Waals surface area (Å²) in [6.07, 6.45) is -0.526. The average molecular weight is 370 g/mol. The minimum atomic E-state index is -0.829. The van der Waals surface area contributed by atoms with Crippen LogP contribution < -0.4 is 15.4 Å². The van der Waals surface area contributed by atoms with Gasteiger partial charge in [-0.1, -0.05) is 23.7 Å². The summed E-state index contributed by atoms with van der Waals surface area (Å²) in [6.45, 7) is 1.75. The molecule has 0 bridgehead atoms. The number of halogens is 1. The van der Waals surface area contributed by atoms with Gasteiger partial charge in [0.2, 0.25) is 0 Å². The Hall–Kier alpha value is -2.99. The third-order valence-corrected chi connectivity index (χ3v) is 4.56. The van der Waals surface area contributed by atoms with Gasteiger partial charge in [-0.25, -0.2) is 0 Å². The molecule has 0 spiro atoms. The topological polar surface area (TPSA) is 83.2 Å². The highest BCUT2D eigenvalue weighted by atomic mass is 35.5. The summed E-state index contributed by atoms with van der Waals surface area (Å²) in [7, 11) is 0. The largest absolute Gasteiger partial charge is 0.486 e. The predicted molar refractivity (Wildman–Crippen MR) is 99.7 cm³/mol. The van der Waals surface area contributed by atoms with E-state index in [4.69, 9.17) is 16.3 Å². The molecule has 0 radical (unpaired) electrons. The molecule has 0 saturated carbocycles. The van der Waals surface area contributed by atoms with Crippen LogP contribution in [0.15, 0.2) is 48.5 Å². The highest BCUT2D eigenvalue weighted by Gasteiger charge is 2.32. The van der Waals surface area contributed by atoms with Gasteiger partial charge in [-0.2, -0.15) is 0 Å². The van der Waals surface area contributed by atoms with Crippen molar-refractivity contribution in [2.75, 3.05) is 5.32 Å². The van der Waals surface area contributed by atoms with Crippen LogP contribution in [-0.2, 0) is 4.79 Å². The number of carbonyl (C=O) groups excluding carboxylic acids is 2. The second-order valence-corrected chi connectivity index (χ2v) is 6.61. The van der Waals surface area contributed by atoms with Gasteiger partial charge in [0.1, 0.15) is 23.6 Å². The predicted octanol–water partition coefficient (Wildman–Crippen LogP) is 3.34.